The topological polar surface area (TPSA) is 85.2 Å². The van der Waals surface area contributed by atoms with E-state index in [1.54, 1.807) is 41.4 Å². The molecule has 0 bridgehead atoms. The second-order valence-electron chi connectivity index (χ2n) is 5.24. The average Bonchev–Trinajstić information content (AvgIpc) is 3.10. The fourth-order valence-corrected chi connectivity index (χ4v) is 2.61. The maximum Gasteiger partial charge on any atom is 0.257 e. The number of morpholine rings is 1. The Morgan fingerprint density at radius 1 is 1.43 bits per heavy atom. The highest BCUT2D eigenvalue weighted by atomic mass is 16.5. The summed E-state index contributed by atoms with van der Waals surface area (Å²) in [5, 5.41) is 7.17. The molecule has 3 rings (SSSR count). The van der Waals surface area contributed by atoms with E-state index >= 15 is 0 Å². The van der Waals surface area contributed by atoms with E-state index in [1.165, 1.54) is 0 Å². The summed E-state index contributed by atoms with van der Waals surface area (Å²) in [5.74, 6) is 0.637. The molecule has 0 unspecified atom stereocenters. The lowest BCUT2D eigenvalue weighted by Crippen LogP contribution is -2.42. The number of ether oxygens (including phenoxy) is 1. The summed E-state index contributed by atoms with van der Waals surface area (Å²) in [4.78, 5) is 23.0. The summed E-state index contributed by atoms with van der Waals surface area (Å²) >= 11 is 0. The Bertz CT molecular complexity index is 686. The molecule has 1 amide bonds. The molecule has 1 aliphatic heterocycles. The van der Waals surface area contributed by atoms with Gasteiger partial charge in [-0.2, -0.15) is 5.10 Å². The Kier molecular flexibility index (Phi) is 4.52. The van der Waals surface area contributed by atoms with Gasteiger partial charge in [0.2, 0.25) is 0 Å². The zero-order valence-electron chi connectivity index (χ0n) is 13.3. The zero-order chi connectivity index (χ0) is 16.2. The number of aromatic nitrogens is 4. The molecule has 3 heterocycles. The minimum Gasteiger partial charge on any atom is -0.372 e. The van der Waals surface area contributed by atoms with Crippen molar-refractivity contribution in [2.24, 2.45) is 0 Å². The number of carbonyl (C=O) groups excluding carboxylic acids is 1. The van der Waals surface area contributed by atoms with Crippen LogP contribution in [0, 0.1) is 0 Å². The summed E-state index contributed by atoms with van der Waals surface area (Å²) in [6.45, 7) is 4.20. The van der Waals surface area contributed by atoms with Crippen LogP contribution in [0.3, 0.4) is 0 Å². The molecule has 0 aliphatic carbocycles. The van der Waals surface area contributed by atoms with Crippen molar-refractivity contribution in [2.45, 2.75) is 19.6 Å². The van der Waals surface area contributed by atoms with Crippen LogP contribution in [0.4, 0.5) is 5.82 Å². The Hall–Kier alpha value is -2.48. The van der Waals surface area contributed by atoms with E-state index in [9.17, 15) is 4.79 Å². The number of carbonyl (C=O) groups is 1. The van der Waals surface area contributed by atoms with E-state index in [4.69, 9.17) is 4.74 Å². The van der Waals surface area contributed by atoms with Crippen molar-refractivity contribution in [3.63, 3.8) is 0 Å². The lowest BCUT2D eigenvalue weighted by Gasteiger charge is -2.32. The van der Waals surface area contributed by atoms with Crippen LogP contribution in [-0.2, 0) is 11.3 Å². The Morgan fingerprint density at radius 3 is 3.00 bits per heavy atom. The fourth-order valence-electron chi connectivity index (χ4n) is 2.61. The molecule has 23 heavy (non-hydrogen) atoms. The molecule has 0 radical (unpaired) electrons. The second-order valence-corrected chi connectivity index (χ2v) is 5.24. The van der Waals surface area contributed by atoms with Crippen LogP contribution < -0.4 is 5.32 Å². The molecule has 1 saturated heterocycles. The zero-order valence-corrected chi connectivity index (χ0v) is 13.3. The van der Waals surface area contributed by atoms with Crippen LogP contribution in [0.2, 0.25) is 0 Å². The van der Waals surface area contributed by atoms with Gasteiger partial charge < -0.3 is 15.0 Å². The van der Waals surface area contributed by atoms with Crippen molar-refractivity contribution in [3.05, 3.63) is 36.0 Å². The Labute approximate surface area is 134 Å². The van der Waals surface area contributed by atoms with Crippen molar-refractivity contribution >= 4 is 11.7 Å². The Balaban J connectivity index is 1.76. The van der Waals surface area contributed by atoms with Gasteiger partial charge in [0.05, 0.1) is 24.9 Å². The number of anilines is 1. The highest BCUT2D eigenvalue weighted by molar-refractivity contribution is 5.93. The van der Waals surface area contributed by atoms with Crippen LogP contribution in [-0.4, -0.2) is 57.3 Å². The quantitative estimate of drug-likeness (QED) is 0.904. The van der Waals surface area contributed by atoms with E-state index in [2.05, 4.69) is 20.4 Å². The van der Waals surface area contributed by atoms with E-state index in [0.29, 0.717) is 31.1 Å². The summed E-state index contributed by atoms with van der Waals surface area (Å²) in [5.41, 5.74) is 1.32. The highest BCUT2D eigenvalue weighted by Crippen LogP contribution is 2.25. The number of hydrogen-bond donors (Lipinski definition) is 1. The SMILES string of the molecule is CCn1cc(C(=O)N2CCO[C@@H](c3nccnc3NC)C2)cn1. The molecule has 0 saturated carbocycles. The molecule has 1 N–H and O–H groups in total. The number of amides is 1. The van der Waals surface area contributed by atoms with Crippen molar-refractivity contribution in [1.29, 1.82) is 0 Å². The summed E-state index contributed by atoms with van der Waals surface area (Å²) in [7, 11) is 1.79. The number of hydrogen-bond acceptors (Lipinski definition) is 6. The minimum absolute atomic E-state index is 0.0344. The molecule has 0 spiro atoms. The predicted octanol–water partition coefficient (Wildman–Crippen LogP) is 0.948. The molecular formula is C15H20N6O2. The third kappa shape index (κ3) is 3.16. The first-order valence-electron chi connectivity index (χ1n) is 7.65. The first-order chi connectivity index (χ1) is 11.2. The second kappa shape index (κ2) is 6.74. The predicted molar refractivity (Wildman–Crippen MR) is 84.1 cm³/mol. The van der Waals surface area contributed by atoms with Gasteiger partial charge >= 0.3 is 0 Å². The van der Waals surface area contributed by atoms with Crippen molar-refractivity contribution in [3.8, 4) is 0 Å². The van der Waals surface area contributed by atoms with Gasteiger partial charge in [-0.15, -0.1) is 0 Å². The molecule has 0 aromatic carbocycles. The largest absolute Gasteiger partial charge is 0.372 e. The third-order valence-corrected chi connectivity index (χ3v) is 3.83. The Morgan fingerprint density at radius 2 is 2.26 bits per heavy atom. The first kappa shape index (κ1) is 15.4. The van der Waals surface area contributed by atoms with E-state index in [1.807, 2.05) is 6.92 Å². The smallest absolute Gasteiger partial charge is 0.257 e. The van der Waals surface area contributed by atoms with Crippen molar-refractivity contribution in [2.75, 3.05) is 32.1 Å². The number of nitrogens with one attached hydrogen (secondary N) is 1. The van der Waals surface area contributed by atoms with Crippen LogP contribution in [0.1, 0.15) is 29.1 Å². The monoisotopic (exact) mass is 316 g/mol. The van der Waals surface area contributed by atoms with E-state index < -0.39 is 0 Å². The molecule has 8 nitrogen and oxygen atoms in total. The molecule has 1 fully saturated rings. The van der Waals surface area contributed by atoms with Gasteiger partial charge in [0.1, 0.15) is 17.6 Å². The maximum atomic E-state index is 12.6. The van der Waals surface area contributed by atoms with Crippen LogP contribution in [0.25, 0.3) is 0 Å². The normalized spacial score (nSPS) is 18.0. The molecule has 2 aromatic heterocycles. The number of nitrogens with zero attached hydrogens (tertiary/aromatic N) is 5. The fraction of sp³-hybridized carbons (Fsp3) is 0.467. The van der Waals surface area contributed by atoms with Crippen LogP contribution in [0.15, 0.2) is 24.8 Å². The average molecular weight is 316 g/mol. The van der Waals surface area contributed by atoms with Gasteiger partial charge in [-0.25, -0.2) is 4.98 Å². The summed E-state index contributed by atoms with van der Waals surface area (Å²) < 4.78 is 7.53. The number of aryl methyl sites for hydroxylation is 1. The molecule has 1 atom stereocenters. The van der Waals surface area contributed by atoms with Crippen molar-refractivity contribution < 1.29 is 9.53 Å². The van der Waals surface area contributed by atoms with Gasteiger partial charge in [0, 0.05) is 38.7 Å². The van der Waals surface area contributed by atoms with Gasteiger partial charge in [0.15, 0.2) is 0 Å². The van der Waals surface area contributed by atoms with Gasteiger partial charge in [-0.05, 0) is 6.92 Å². The van der Waals surface area contributed by atoms with Gasteiger partial charge in [-0.1, -0.05) is 0 Å². The lowest BCUT2D eigenvalue weighted by atomic mass is 10.1. The molecule has 2 aromatic rings. The number of rotatable bonds is 4. The first-order valence-corrected chi connectivity index (χ1v) is 7.65. The molecule has 1 aliphatic rings. The van der Waals surface area contributed by atoms with Crippen molar-refractivity contribution in [1.82, 2.24) is 24.6 Å². The minimum atomic E-state index is -0.287. The van der Waals surface area contributed by atoms with Gasteiger partial charge in [-0.3, -0.25) is 14.5 Å². The lowest BCUT2D eigenvalue weighted by molar-refractivity contribution is -0.0245. The van der Waals surface area contributed by atoms with E-state index in [0.717, 1.165) is 12.2 Å². The van der Waals surface area contributed by atoms with Gasteiger partial charge in [0.25, 0.3) is 5.91 Å². The molecular weight excluding hydrogens is 296 g/mol. The summed E-state index contributed by atoms with van der Waals surface area (Å²) in [6.07, 6.45) is 6.35. The van der Waals surface area contributed by atoms with Crippen LogP contribution >= 0.6 is 0 Å². The molecule has 122 valence electrons. The highest BCUT2D eigenvalue weighted by Gasteiger charge is 2.29. The molecule has 8 heteroatoms. The van der Waals surface area contributed by atoms with Crippen LogP contribution in [0.5, 0.6) is 0 Å². The maximum absolute atomic E-state index is 12.6. The summed E-state index contributed by atoms with van der Waals surface area (Å²) in [6, 6.07) is 0. The van der Waals surface area contributed by atoms with E-state index in [-0.39, 0.29) is 12.0 Å². The third-order valence-electron chi connectivity index (χ3n) is 3.83. The standard InChI is InChI=1S/C15H20N6O2/c1-3-21-9-11(8-19-21)15(22)20-6-7-23-12(10-20)13-14(16-2)18-5-4-17-13/h4-5,8-9,12H,3,6-7,10H2,1-2H3,(H,16,18)/t12-/m1/s1.